The van der Waals surface area contributed by atoms with Crippen LogP contribution in [0.15, 0.2) is 83.7 Å². The van der Waals surface area contributed by atoms with Crippen LogP contribution in [-0.2, 0) is 0 Å². The Balaban J connectivity index is 1.82. The van der Waals surface area contributed by atoms with Crippen LogP contribution in [0.5, 0.6) is 5.75 Å². The molecule has 8 heteroatoms. The molecular weight excluding hydrogens is 392 g/mol. The molecule has 0 saturated carbocycles. The maximum Gasteiger partial charge on any atom is 0.387 e. The number of alkyl halides is 2. The van der Waals surface area contributed by atoms with Gasteiger partial charge in [-0.3, -0.25) is 9.59 Å². The van der Waals surface area contributed by atoms with Gasteiger partial charge in [0.05, 0.1) is 16.8 Å². The smallest absolute Gasteiger partial charge is 0.387 e. The quantitative estimate of drug-likeness (QED) is 0.537. The highest BCUT2D eigenvalue weighted by Crippen LogP contribution is 2.26. The van der Waals surface area contributed by atoms with Crippen molar-refractivity contribution >= 4 is 22.4 Å². The minimum atomic E-state index is -3.04. The lowest BCUT2D eigenvalue weighted by molar-refractivity contribution is -0.0493. The van der Waals surface area contributed by atoms with Crippen molar-refractivity contribution in [1.29, 1.82) is 0 Å². The fraction of sp³-hybridized carbons (Fsp3) is 0.0455. The Morgan fingerprint density at radius 2 is 1.53 bits per heavy atom. The predicted molar refractivity (Wildman–Crippen MR) is 108 cm³/mol. The van der Waals surface area contributed by atoms with Gasteiger partial charge in [0, 0.05) is 5.39 Å². The van der Waals surface area contributed by atoms with Crippen LogP contribution in [0.2, 0.25) is 0 Å². The summed E-state index contributed by atoms with van der Waals surface area (Å²) in [5, 5.41) is 7.46. The van der Waals surface area contributed by atoms with E-state index in [4.69, 9.17) is 0 Å². The second-order valence-electron chi connectivity index (χ2n) is 6.28. The number of fused-ring (bicyclic) bond motifs is 1. The van der Waals surface area contributed by atoms with Crippen LogP contribution >= 0.6 is 0 Å². The summed E-state index contributed by atoms with van der Waals surface area (Å²) in [5.41, 5.74) is 0.144. The van der Waals surface area contributed by atoms with E-state index in [0.717, 1.165) is 4.68 Å². The highest BCUT2D eigenvalue weighted by atomic mass is 19.3. The second-order valence-corrected chi connectivity index (χ2v) is 6.28. The van der Waals surface area contributed by atoms with Gasteiger partial charge in [-0.1, -0.05) is 48.5 Å². The number of halogens is 2. The molecule has 3 aromatic carbocycles. The number of para-hydroxylation sites is 3. The van der Waals surface area contributed by atoms with Crippen molar-refractivity contribution in [1.82, 2.24) is 9.78 Å². The number of amides is 1. The zero-order valence-corrected chi connectivity index (χ0v) is 15.5. The Kier molecular flexibility index (Phi) is 5.21. The molecular formula is C22H15F2N3O3. The van der Waals surface area contributed by atoms with Crippen molar-refractivity contribution in [2.24, 2.45) is 0 Å². The number of hydrogen-bond acceptors (Lipinski definition) is 4. The van der Waals surface area contributed by atoms with Gasteiger partial charge in [-0.05, 0) is 30.3 Å². The zero-order chi connectivity index (χ0) is 21.1. The van der Waals surface area contributed by atoms with E-state index in [2.05, 4.69) is 15.2 Å². The molecule has 0 aliphatic heterocycles. The molecule has 0 saturated heterocycles. The first kappa shape index (κ1) is 19.3. The topological polar surface area (TPSA) is 73.2 Å². The average molecular weight is 407 g/mol. The molecule has 0 aliphatic carbocycles. The predicted octanol–water partition coefficient (Wildman–Crippen LogP) is 4.24. The first-order valence-electron chi connectivity index (χ1n) is 8.97. The molecule has 0 atom stereocenters. The first-order chi connectivity index (χ1) is 14.5. The molecule has 4 aromatic rings. The Bertz CT molecular complexity index is 1270. The first-order valence-corrected chi connectivity index (χ1v) is 8.97. The summed E-state index contributed by atoms with van der Waals surface area (Å²) in [6, 6.07) is 21.1. The normalized spacial score (nSPS) is 10.9. The summed E-state index contributed by atoms with van der Waals surface area (Å²) in [4.78, 5) is 25.9. The molecule has 4 rings (SSSR count). The maximum atomic E-state index is 13.0. The maximum absolute atomic E-state index is 13.0. The van der Waals surface area contributed by atoms with Crippen molar-refractivity contribution < 1.29 is 18.3 Å². The molecule has 6 nitrogen and oxygen atoms in total. The summed E-state index contributed by atoms with van der Waals surface area (Å²) in [5.74, 6) is -0.845. The third-order valence-corrected chi connectivity index (χ3v) is 4.37. The monoisotopic (exact) mass is 407 g/mol. The molecule has 30 heavy (non-hydrogen) atoms. The number of ether oxygens (including phenoxy) is 1. The van der Waals surface area contributed by atoms with Crippen molar-refractivity contribution in [2.75, 3.05) is 5.32 Å². The van der Waals surface area contributed by atoms with Crippen LogP contribution in [0.25, 0.3) is 16.5 Å². The Labute approximate surface area is 169 Å². The lowest BCUT2D eigenvalue weighted by Crippen LogP contribution is -2.26. The minimum absolute atomic E-state index is 0.0269. The van der Waals surface area contributed by atoms with Crippen LogP contribution < -0.4 is 15.6 Å². The molecule has 0 spiro atoms. The van der Waals surface area contributed by atoms with Crippen LogP contribution in [0, 0.1) is 0 Å². The minimum Gasteiger partial charge on any atom is -0.433 e. The van der Waals surface area contributed by atoms with E-state index in [1.165, 1.54) is 18.2 Å². The number of nitrogens with one attached hydrogen (secondary N) is 1. The van der Waals surface area contributed by atoms with Crippen LogP contribution in [0.4, 0.5) is 14.5 Å². The molecule has 0 fully saturated rings. The van der Waals surface area contributed by atoms with E-state index in [1.807, 2.05) is 0 Å². The summed E-state index contributed by atoms with van der Waals surface area (Å²) in [7, 11) is 0. The van der Waals surface area contributed by atoms with Crippen LogP contribution in [0.3, 0.4) is 0 Å². The molecule has 150 valence electrons. The lowest BCUT2D eigenvalue weighted by Gasteiger charge is -2.13. The van der Waals surface area contributed by atoms with E-state index >= 15 is 0 Å². The molecule has 0 aliphatic rings. The van der Waals surface area contributed by atoms with Crippen molar-refractivity contribution in [3.8, 4) is 11.4 Å². The number of anilines is 1. The fourth-order valence-corrected chi connectivity index (χ4v) is 3.05. The Morgan fingerprint density at radius 3 is 2.27 bits per heavy atom. The number of aromatic nitrogens is 2. The van der Waals surface area contributed by atoms with Gasteiger partial charge in [-0.25, -0.2) is 0 Å². The molecule has 1 aromatic heterocycles. The van der Waals surface area contributed by atoms with Gasteiger partial charge in [0.2, 0.25) is 0 Å². The standard InChI is InChI=1S/C22H15F2N3O3/c23-22(24)30-18-13-7-6-12-17(18)25-20(28)19-15-10-4-5-11-16(15)21(29)27(26-19)14-8-2-1-3-9-14/h1-13,22H,(H,25,28). The SMILES string of the molecule is O=C(Nc1ccccc1OC(F)F)c1nn(-c2ccccc2)c(=O)c2ccccc12. The van der Waals surface area contributed by atoms with Crippen LogP contribution in [-0.4, -0.2) is 22.3 Å². The van der Waals surface area contributed by atoms with Crippen LogP contribution in [0.1, 0.15) is 10.5 Å². The van der Waals surface area contributed by atoms with Gasteiger partial charge < -0.3 is 10.1 Å². The van der Waals surface area contributed by atoms with E-state index < -0.39 is 12.5 Å². The van der Waals surface area contributed by atoms with Gasteiger partial charge in [0.1, 0.15) is 5.75 Å². The van der Waals surface area contributed by atoms with Crippen molar-refractivity contribution in [3.05, 3.63) is 94.9 Å². The highest BCUT2D eigenvalue weighted by Gasteiger charge is 2.19. The fourth-order valence-electron chi connectivity index (χ4n) is 3.05. The van der Waals surface area contributed by atoms with Gasteiger partial charge in [-0.15, -0.1) is 0 Å². The van der Waals surface area contributed by atoms with Crippen molar-refractivity contribution in [2.45, 2.75) is 6.61 Å². The van der Waals surface area contributed by atoms with Gasteiger partial charge in [0.25, 0.3) is 11.5 Å². The number of carbonyl (C=O) groups is 1. The molecule has 1 amide bonds. The summed E-state index contributed by atoms with van der Waals surface area (Å²) in [6.45, 7) is -3.04. The Morgan fingerprint density at radius 1 is 0.900 bits per heavy atom. The molecule has 1 N–H and O–H groups in total. The van der Waals surface area contributed by atoms with Crippen molar-refractivity contribution in [3.63, 3.8) is 0 Å². The third-order valence-electron chi connectivity index (χ3n) is 4.37. The van der Waals surface area contributed by atoms with E-state index in [0.29, 0.717) is 16.5 Å². The number of rotatable bonds is 5. The molecule has 0 unspecified atom stereocenters. The summed E-state index contributed by atoms with van der Waals surface area (Å²) in [6.07, 6.45) is 0. The number of hydrogen-bond donors (Lipinski definition) is 1. The second kappa shape index (κ2) is 8.12. The average Bonchev–Trinajstić information content (AvgIpc) is 2.76. The van der Waals surface area contributed by atoms with E-state index in [9.17, 15) is 18.4 Å². The molecule has 0 radical (unpaired) electrons. The zero-order valence-electron chi connectivity index (χ0n) is 15.5. The largest absolute Gasteiger partial charge is 0.433 e. The lowest BCUT2D eigenvalue weighted by atomic mass is 10.1. The van der Waals surface area contributed by atoms with Gasteiger partial charge in [-0.2, -0.15) is 18.6 Å². The Hall–Kier alpha value is -4.07. The van der Waals surface area contributed by atoms with E-state index in [1.54, 1.807) is 60.7 Å². The van der Waals surface area contributed by atoms with Gasteiger partial charge in [0.15, 0.2) is 5.69 Å². The number of benzene rings is 3. The summed E-state index contributed by atoms with van der Waals surface area (Å²) >= 11 is 0. The van der Waals surface area contributed by atoms with E-state index in [-0.39, 0.29) is 22.7 Å². The van der Waals surface area contributed by atoms with Gasteiger partial charge >= 0.3 is 6.61 Å². The highest BCUT2D eigenvalue weighted by molar-refractivity contribution is 6.11. The molecule has 0 bridgehead atoms. The number of nitrogens with zero attached hydrogens (tertiary/aromatic N) is 2. The summed E-state index contributed by atoms with van der Waals surface area (Å²) < 4.78 is 30.9. The number of carbonyl (C=O) groups excluding carboxylic acids is 1. The molecule has 1 heterocycles. The third kappa shape index (κ3) is 3.75.